The zero-order chi connectivity index (χ0) is 20.1. The van der Waals surface area contributed by atoms with Gasteiger partial charge in [-0.05, 0) is 37.1 Å². The number of rotatable bonds is 8. The highest BCUT2D eigenvalue weighted by atomic mass is 32.2. The third-order valence-corrected chi connectivity index (χ3v) is 5.59. The molecule has 8 nitrogen and oxygen atoms in total. The van der Waals surface area contributed by atoms with Crippen molar-refractivity contribution in [3.63, 3.8) is 0 Å². The average molecular weight is 401 g/mol. The maximum Gasteiger partial charge on any atom is 0.242 e. The molecular formula is C19H23N5O3S. The Kier molecular flexibility index (Phi) is 6.05. The molecule has 0 saturated carbocycles. The number of sulfonamides is 1. The fourth-order valence-electron chi connectivity index (χ4n) is 2.90. The molecule has 0 aliphatic heterocycles. The molecule has 1 amide bonds. The lowest BCUT2D eigenvalue weighted by molar-refractivity contribution is -0.121. The van der Waals surface area contributed by atoms with Crippen LogP contribution in [0.1, 0.15) is 25.0 Å². The maximum absolute atomic E-state index is 12.3. The quantitative estimate of drug-likeness (QED) is 0.596. The standard InChI is InChI=1S/C19H23N5O3S/c1-14(2)22-28(26,27)13-16-8-4-3-7-15(16)11-20-19(25)12-24-18-10-6-5-9-17(18)21-23-24/h3-10,14,22H,11-13H2,1-2H3,(H,20,25). The summed E-state index contributed by atoms with van der Waals surface area (Å²) in [5.74, 6) is -0.362. The largest absolute Gasteiger partial charge is 0.350 e. The van der Waals surface area contributed by atoms with E-state index in [0.29, 0.717) is 5.56 Å². The van der Waals surface area contributed by atoms with Crippen molar-refractivity contribution in [2.45, 2.75) is 38.7 Å². The van der Waals surface area contributed by atoms with Crippen LogP contribution in [0.5, 0.6) is 0 Å². The van der Waals surface area contributed by atoms with Gasteiger partial charge in [0, 0.05) is 12.6 Å². The predicted octanol–water partition coefficient (Wildman–Crippen LogP) is 1.58. The van der Waals surface area contributed by atoms with Crippen LogP contribution in [0.2, 0.25) is 0 Å². The SMILES string of the molecule is CC(C)NS(=O)(=O)Cc1ccccc1CNC(=O)Cn1nnc2ccccc21. The normalized spacial score (nSPS) is 11.8. The van der Waals surface area contributed by atoms with Crippen molar-refractivity contribution in [3.8, 4) is 0 Å². The summed E-state index contributed by atoms with van der Waals surface area (Å²) in [6.07, 6.45) is 0. The van der Waals surface area contributed by atoms with Gasteiger partial charge in [-0.3, -0.25) is 4.79 Å². The molecule has 0 spiro atoms. The van der Waals surface area contributed by atoms with Crippen molar-refractivity contribution in [1.29, 1.82) is 0 Å². The Morgan fingerprint density at radius 3 is 2.50 bits per heavy atom. The lowest BCUT2D eigenvalue weighted by Crippen LogP contribution is -2.32. The van der Waals surface area contributed by atoms with Gasteiger partial charge in [0.1, 0.15) is 12.1 Å². The highest BCUT2D eigenvalue weighted by Gasteiger charge is 2.16. The summed E-state index contributed by atoms with van der Waals surface area (Å²) in [5.41, 5.74) is 2.92. The maximum atomic E-state index is 12.3. The molecule has 148 valence electrons. The second kappa shape index (κ2) is 8.49. The van der Waals surface area contributed by atoms with Crippen molar-refractivity contribution in [3.05, 3.63) is 59.7 Å². The molecule has 0 aliphatic rings. The third-order valence-electron chi connectivity index (χ3n) is 4.07. The van der Waals surface area contributed by atoms with E-state index in [9.17, 15) is 13.2 Å². The molecule has 0 fully saturated rings. The average Bonchev–Trinajstić information content (AvgIpc) is 3.02. The molecule has 1 heterocycles. The van der Waals surface area contributed by atoms with Crippen LogP contribution in [-0.2, 0) is 33.7 Å². The van der Waals surface area contributed by atoms with E-state index in [1.54, 1.807) is 26.0 Å². The lowest BCUT2D eigenvalue weighted by atomic mass is 10.1. The Bertz CT molecular complexity index is 1080. The molecule has 28 heavy (non-hydrogen) atoms. The van der Waals surface area contributed by atoms with Gasteiger partial charge in [-0.2, -0.15) is 0 Å². The van der Waals surface area contributed by atoms with Crippen LogP contribution in [0.4, 0.5) is 0 Å². The van der Waals surface area contributed by atoms with Crippen LogP contribution in [0.25, 0.3) is 11.0 Å². The van der Waals surface area contributed by atoms with Crippen LogP contribution in [0, 0.1) is 0 Å². The van der Waals surface area contributed by atoms with E-state index in [1.165, 1.54) is 4.68 Å². The predicted molar refractivity (Wildman–Crippen MR) is 107 cm³/mol. The van der Waals surface area contributed by atoms with Crippen molar-refractivity contribution < 1.29 is 13.2 Å². The van der Waals surface area contributed by atoms with Crippen molar-refractivity contribution in [1.82, 2.24) is 25.0 Å². The van der Waals surface area contributed by atoms with E-state index in [2.05, 4.69) is 20.4 Å². The molecule has 0 aliphatic carbocycles. The van der Waals surface area contributed by atoms with E-state index < -0.39 is 10.0 Å². The van der Waals surface area contributed by atoms with Gasteiger partial charge in [0.05, 0.1) is 11.3 Å². The van der Waals surface area contributed by atoms with Crippen LogP contribution in [0.15, 0.2) is 48.5 Å². The van der Waals surface area contributed by atoms with Gasteiger partial charge in [-0.25, -0.2) is 17.8 Å². The number of nitrogens with one attached hydrogen (secondary N) is 2. The third kappa shape index (κ3) is 5.14. The van der Waals surface area contributed by atoms with Gasteiger partial charge >= 0.3 is 0 Å². The van der Waals surface area contributed by atoms with E-state index in [-0.39, 0.29) is 30.8 Å². The molecule has 0 unspecified atom stereocenters. The summed E-state index contributed by atoms with van der Waals surface area (Å²) in [7, 11) is -3.45. The Hall–Kier alpha value is -2.78. The topological polar surface area (TPSA) is 106 Å². The van der Waals surface area contributed by atoms with Gasteiger partial charge in [0.2, 0.25) is 15.9 Å². The van der Waals surface area contributed by atoms with E-state index in [4.69, 9.17) is 0 Å². The van der Waals surface area contributed by atoms with Crippen molar-refractivity contribution in [2.24, 2.45) is 0 Å². The summed E-state index contributed by atoms with van der Waals surface area (Å²) >= 11 is 0. The monoisotopic (exact) mass is 401 g/mol. The molecule has 0 atom stereocenters. The molecular weight excluding hydrogens is 378 g/mol. The summed E-state index contributed by atoms with van der Waals surface area (Å²) in [5, 5.41) is 10.9. The fourth-order valence-corrected chi connectivity index (χ4v) is 4.39. The smallest absolute Gasteiger partial charge is 0.242 e. The first-order valence-electron chi connectivity index (χ1n) is 8.96. The minimum atomic E-state index is -3.45. The number of carbonyl (C=O) groups is 1. The molecule has 0 radical (unpaired) electrons. The second-order valence-electron chi connectivity index (χ2n) is 6.81. The van der Waals surface area contributed by atoms with E-state index in [0.717, 1.165) is 16.6 Å². The first kappa shape index (κ1) is 20.0. The first-order valence-corrected chi connectivity index (χ1v) is 10.6. The van der Waals surface area contributed by atoms with Gasteiger partial charge in [-0.1, -0.05) is 41.6 Å². The van der Waals surface area contributed by atoms with Gasteiger partial charge < -0.3 is 5.32 Å². The Morgan fingerprint density at radius 1 is 1.07 bits per heavy atom. The van der Waals surface area contributed by atoms with E-state index in [1.807, 2.05) is 36.4 Å². The number of aromatic nitrogens is 3. The Labute approximate surface area is 164 Å². The Balaban J connectivity index is 1.65. The molecule has 9 heteroatoms. The number of fused-ring (bicyclic) bond motifs is 1. The zero-order valence-electron chi connectivity index (χ0n) is 15.8. The van der Waals surface area contributed by atoms with Gasteiger partial charge in [-0.15, -0.1) is 5.10 Å². The minimum Gasteiger partial charge on any atom is -0.350 e. The van der Waals surface area contributed by atoms with Gasteiger partial charge in [0.25, 0.3) is 0 Å². The summed E-state index contributed by atoms with van der Waals surface area (Å²) < 4.78 is 28.5. The number of nitrogens with zero attached hydrogens (tertiary/aromatic N) is 3. The number of hydrogen-bond acceptors (Lipinski definition) is 5. The second-order valence-corrected chi connectivity index (χ2v) is 8.57. The van der Waals surface area contributed by atoms with Crippen molar-refractivity contribution >= 4 is 27.0 Å². The minimum absolute atomic E-state index is 0.0376. The summed E-state index contributed by atoms with van der Waals surface area (Å²) in [6.45, 7) is 3.82. The summed E-state index contributed by atoms with van der Waals surface area (Å²) in [4.78, 5) is 12.3. The van der Waals surface area contributed by atoms with Crippen LogP contribution < -0.4 is 10.0 Å². The van der Waals surface area contributed by atoms with E-state index >= 15 is 0 Å². The highest BCUT2D eigenvalue weighted by Crippen LogP contribution is 2.13. The molecule has 2 N–H and O–H groups in total. The highest BCUT2D eigenvalue weighted by molar-refractivity contribution is 7.88. The zero-order valence-corrected chi connectivity index (χ0v) is 16.6. The van der Waals surface area contributed by atoms with Crippen molar-refractivity contribution in [2.75, 3.05) is 0 Å². The molecule has 1 aromatic heterocycles. The lowest BCUT2D eigenvalue weighted by Gasteiger charge is -2.13. The summed E-state index contributed by atoms with van der Waals surface area (Å²) in [6, 6.07) is 14.4. The van der Waals surface area contributed by atoms with Crippen LogP contribution in [0.3, 0.4) is 0 Å². The first-order chi connectivity index (χ1) is 13.3. The molecule has 3 rings (SSSR count). The number of hydrogen-bond donors (Lipinski definition) is 2. The van der Waals surface area contributed by atoms with Gasteiger partial charge in [0.15, 0.2) is 0 Å². The van der Waals surface area contributed by atoms with Crippen LogP contribution >= 0.6 is 0 Å². The number of amides is 1. The number of carbonyl (C=O) groups excluding carboxylic acids is 1. The molecule has 2 aromatic carbocycles. The fraction of sp³-hybridized carbons (Fsp3) is 0.316. The number of benzene rings is 2. The molecule has 3 aromatic rings. The number of para-hydroxylation sites is 1. The van der Waals surface area contributed by atoms with Crippen LogP contribution in [-0.4, -0.2) is 35.4 Å². The Morgan fingerprint density at radius 2 is 1.75 bits per heavy atom. The molecule has 0 saturated heterocycles. The molecule has 0 bridgehead atoms.